The predicted octanol–water partition coefficient (Wildman–Crippen LogP) is 3.81. The summed E-state index contributed by atoms with van der Waals surface area (Å²) in [5.74, 6) is -0.860. The van der Waals surface area contributed by atoms with Crippen LogP contribution in [0.3, 0.4) is 0 Å². The molecule has 0 unspecified atom stereocenters. The summed E-state index contributed by atoms with van der Waals surface area (Å²) in [5, 5.41) is 4.97. The van der Waals surface area contributed by atoms with Gasteiger partial charge < -0.3 is 10.1 Å². The number of esters is 1. The smallest absolute Gasteiger partial charge is 0.329 e. The van der Waals surface area contributed by atoms with Crippen LogP contribution in [0.2, 0.25) is 5.02 Å². The quantitative estimate of drug-likeness (QED) is 0.854. The van der Waals surface area contributed by atoms with Crippen LogP contribution >= 0.6 is 22.9 Å². The van der Waals surface area contributed by atoms with E-state index in [0.29, 0.717) is 9.90 Å². The van der Waals surface area contributed by atoms with E-state index < -0.39 is 17.6 Å². The molecule has 0 aromatic carbocycles. The van der Waals surface area contributed by atoms with Gasteiger partial charge in [-0.1, -0.05) is 25.4 Å². The molecule has 0 saturated carbocycles. The van der Waals surface area contributed by atoms with Crippen LogP contribution in [-0.4, -0.2) is 23.5 Å². The molecule has 0 fully saturated rings. The fraction of sp³-hybridized carbons (Fsp3) is 0.600. The fourth-order valence-electron chi connectivity index (χ4n) is 1.65. The van der Waals surface area contributed by atoms with Gasteiger partial charge in [0.2, 0.25) is 0 Å². The molecule has 0 radical (unpaired) electrons. The van der Waals surface area contributed by atoms with Crippen LogP contribution in [0.1, 0.15) is 49.9 Å². The lowest BCUT2D eigenvalue weighted by Crippen LogP contribution is -2.47. The van der Waals surface area contributed by atoms with Crippen LogP contribution in [0.5, 0.6) is 0 Å². The molecule has 1 heterocycles. The Hall–Kier alpha value is -1.07. The van der Waals surface area contributed by atoms with Crippen molar-refractivity contribution < 1.29 is 14.3 Å². The van der Waals surface area contributed by atoms with Gasteiger partial charge in [0, 0.05) is 0 Å². The van der Waals surface area contributed by atoms with Gasteiger partial charge >= 0.3 is 5.97 Å². The highest BCUT2D eigenvalue weighted by molar-refractivity contribution is 7.13. The summed E-state index contributed by atoms with van der Waals surface area (Å²) >= 11 is 7.35. The van der Waals surface area contributed by atoms with Crippen molar-refractivity contribution in [2.45, 2.75) is 53.2 Å². The number of halogens is 1. The van der Waals surface area contributed by atoms with E-state index in [1.807, 2.05) is 26.2 Å². The van der Waals surface area contributed by atoms with E-state index in [9.17, 15) is 9.59 Å². The van der Waals surface area contributed by atoms with Gasteiger partial charge in [-0.05, 0) is 44.6 Å². The second-order valence-corrected chi connectivity index (χ2v) is 7.55. The number of rotatable bonds is 4. The lowest BCUT2D eigenvalue weighted by molar-refractivity contribution is -0.158. The first-order chi connectivity index (χ1) is 9.53. The monoisotopic (exact) mass is 331 g/mol. The Kier molecular flexibility index (Phi) is 5.82. The number of carbonyl (C=O) groups excluding carboxylic acids is 2. The Morgan fingerprint density at radius 1 is 1.33 bits per heavy atom. The summed E-state index contributed by atoms with van der Waals surface area (Å²) in [6.45, 7) is 10.9. The maximum atomic E-state index is 12.3. The molecule has 1 aromatic heterocycles. The van der Waals surface area contributed by atoms with Crippen molar-refractivity contribution in [1.29, 1.82) is 0 Å². The van der Waals surface area contributed by atoms with E-state index in [1.54, 1.807) is 20.8 Å². The summed E-state index contributed by atoms with van der Waals surface area (Å²) in [7, 11) is 0. The van der Waals surface area contributed by atoms with Crippen molar-refractivity contribution in [2.75, 3.05) is 0 Å². The average Bonchev–Trinajstić information content (AvgIpc) is 2.64. The summed E-state index contributed by atoms with van der Waals surface area (Å²) < 4.78 is 5.35. The van der Waals surface area contributed by atoms with Gasteiger partial charge in [-0.3, -0.25) is 4.79 Å². The maximum Gasteiger partial charge on any atom is 0.329 e. The molecule has 0 spiro atoms. The molecule has 1 N–H and O–H groups in total. The topological polar surface area (TPSA) is 55.4 Å². The van der Waals surface area contributed by atoms with Gasteiger partial charge in [0.1, 0.15) is 16.5 Å². The van der Waals surface area contributed by atoms with E-state index in [1.165, 1.54) is 11.3 Å². The van der Waals surface area contributed by atoms with Crippen LogP contribution in [0.15, 0.2) is 5.38 Å². The first-order valence-corrected chi connectivity index (χ1v) is 8.06. The molecule has 0 aliphatic carbocycles. The molecule has 0 aliphatic heterocycles. The third kappa shape index (κ3) is 5.00. The lowest BCUT2D eigenvalue weighted by atomic mass is 10.0. The molecule has 6 heteroatoms. The molecular formula is C15H22ClNO3S. The number of ether oxygens (including phenoxy) is 1. The van der Waals surface area contributed by atoms with Crippen molar-refractivity contribution in [3.05, 3.63) is 20.8 Å². The summed E-state index contributed by atoms with van der Waals surface area (Å²) in [4.78, 5) is 24.9. The van der Waals surface area contributed by atoms with E-state index >= 15 is 0 Å². The zero-order valence-electron chi connectivity index (χ0n) is 13.2. The second kappa shape index (κ2) is 6.79. The molecule has 0 saturated heterocycles. The van der Waals surface area contributed by atoms with Gasteiger partial charge in [-0.15, -0.1) is 11.3 Å². The van der Waals surface area contributed by atoms with Gasteiger partial charge in [-0.2, -0.15) is 0 Å². The van der Waals surface area contributed by atoms with Crippen LogP contribution in [0.4, 0.5) is 0 Å². The van der Waals surface area contributed by atoms with Crippen molar-refractivity contribution in [3.63, 3.8) is 0 Å². The Morgan fingerprint density at radius 3 is 2.29 bits per heavy atom. The molecule has 4 nitrogen and oxygen atoms in total. The number of thiophene rings is 1. The minimum Gasteiger partial charge on any atom is -0.458 e. The van der Waals surface area contributed by atoms with Crippen molar-refractivity contribution in [3.8, 4) is 0 Å². The van der Waals surface area contributed by atoms with Gasteiger partial charge in [0.15, 0.2) is 0 Å². The zero-order chi connectivity index (χ0) is 16.4. The highest BCUT2D eigenvalue weighted by Crippen LogP contribution is 2.27. The van der Waals surface area contributed by atoms with Crippen LogP contribution < -0.4 is 5.32 Å². The van der Waals surface area contributed by atoms with Crippen LogP contribution in [-0.2, 0) is 9.53 Å². The number of aryl methyl sites for hydroxylation is 1. The molecule has 21 heavy (non-hydrogen) atoms. The summed E-state index contributed by atoms with van der Waals surface area (Å²) in [6, 6.07) is -0.699. The molecular weight excluding hydrogens is 310 g/mol. The van der Waals surface area contributed by atoms with Gasteiger partial charge in [-0.25, -0.2) is 4.79 Å². The molecule has 0 aliphatic rings. The third-order valence-corrected chi connectivity index (χ3v) is 4.42. The Bertz CT molecular complexity index is 532. The molecule has 1 amide bonds. The number of hydrogen-bond acceptors (Lipinski definition) is 4. The molecule has 1 rings (SSSR count). The van der Waals surface area contributed by atoms with E-state index in [0.717, 1.165) is 5.56 Å². The van der Waals surface area contributed by atoms with Crippen molar-refractivity contribution >= 4 is 34.8 Å². The standard InChI is InChI=1S/C15H22ClNO3S/c1-8(2)11(14(19)20-15(4,5)6)17-13(18)12-10(16)9(3)7-21-12/h7-8,11H,1-6H3,(H,17,18)/t11-/m1/s1. The van der Waals surface area contributed by atoms with Gasteiger partial charge in [0.25, 0.3) is 5.91 Å². The molecule has 1 atom stereocenters. The molecule has 118 valence electrons. The molecule has 1 aromatic rings. The molecule has 0 bridgehead atoms. The summed E-state index contributed by atoms with van der Waals surface area (Å²) in [6.07, 6.45) is 0. The first-order valence-electron chi connectivity index (χ1n) is 6.80. The number of amides is 1. The largest absolute Gasteiger partial charge is 0.458 e. The zero-order valence-corrected chi connectivity index (χ0v) is 14.8. The van der Waals surface area contributed by atoms with Crippen molar-refractivity contribution in [2.24, 2.45) is 5.92 Å². The summed E-state index contributed by atoms with van der Waals surface area (Å²) in [5.41, 5.74) is 0.261. The fourth-order valence-corrected chi connectivity index (χ4v) is 2.83. The highest BCUT2D eigenvalue weighted by atomic mass is 35.5. The Labute approximate surface area is 134 Å². The van der Waals surface area contributed by atoms with E-state index in [2.05, 4.69) is 5.32 Å². The minimum atomic E-state index is -0.699. The first kappa shape index (κ1) is 18.0. The van der Waals surface area contributed by atoms with Crippen LogP contribution in [0, 0.1) is 12.8 Å². The highest BCUT2D eigenvalue weighted by Gasteiger charge is 2.30. The van der Waals surface area contributed by atoms with Crippen LogP contribution in [0.25, 0.3) is 0 Å². The third-order valence-electron chi connectivity index (χ3n) is 2.72. The lowest BCUT2D eigenvalue weighted by Gasteiger charge is -2.26. The van der Waals surface area contributed by atoms with E-state index in [-0.39, 0.29) is 11.8 Å². The minimum absolute atomic E-state index is 0.0800. The normalized spacial score (nSPS) is 13.1. The predicted molar refractivity (Wildman–Crippen MR) is 86.0 cm³/mol. The van der Waals surface area contributed by atoms with Crippen molar-refractivity contribution in [1.82, 2.24) is 5.32 Å². The van der Waals surface area contributed by atoms with Gasteiger partial charge in [0.05, 0.1) is 5.02 Å². The maximum absolute atomic E-state index is 12.3. The Morgan fingerprint density at radius 2 is 1.90 bits per heavy atom. The Balaban J connectivity index is 2.86. The van der Waals surface area contributed by atoms with E-state index in [4.69, 9.17) is 16.3 Å². The SMILES string of the molecule is Cc1csc(C(=O)N[C@@H](C(=O)OC(C)(C)C)C(C)C)c1Cl. The average molecular weight is 332 g/mol. The number of hydrogen-bond donors (Lipinski definition) is 1. The number of carbonyl (C=O) groups is 2. The second-order valence-electron chi connectivity index (χ2n) is 6.29. The number of nitrogens with one attached hydrogen (secondary N) is 1.